The van der Waals surface area contributed by atoms with E-state index in [0.717, 1.165) is 13.1 Å². The zero-order chi connectivity index (χ0) is 8.81. The molecule has 0 aromatic carbocycles. The van der Waals surface area contributed by atoms with Crippen molar-refractivity contribution >= 4 is 0 Å². The third kappa shape index (κ3) is 3.09. The van der Waals surface area contributed by atoms with Crippen LogP contribution in [0.25, 0.3) is 0 Å². The van der Waals surface area contributed by atoms with Gasteiger partial charge >= 0.3 is 0 Å². The molecule has 0 aliphatic carbocycles. The molecule has 2 N–H and O–H groups in total. The van der Waals surface area contributed by atoms with E-state index in [9.17, 15) is 0 Å². The smallest absolute Gasteiger partial charge is 0.0300 e. The molecule has 1 atom stereocenters. The highest BCUT2D eigenvalue weighted by molar-refractivity contribution is 4.65. The van der Waals surface area contributed by atoms with Gasteiger partial charge in [0, 0.05) is 19.1 Å². The number of nitrogens with zero attached hydrogens (tertiary/aromatic N) is 1. The Kier molecular flexibility index (Phi) is 4.58. The van der Waals surface area contributed by atoms with Crippen LogP contribution in [0.3, 0.4) is 0 Å². The molecule has 0 spiro atoms. The SMILES string of the molecule is CCCC(CC)NN1CCCN1. The van der Waals surface area contributed by atoms with E-state index in [4.69, 9.17) is 0 Å². The highest BCUT2D eigenvalue weighted by atomic mass is 15.7. The lowest BCUT2D eigenvalue weighted by molar-refractivity contribution is 0.129. The molecular formula is C9H21N3. The van der Waals surface area contributed by atoms with E-state index >= 15 is 0 Å². The van der Waals surface area contributed by atoms with Crippen molar-refractivity contribution in [3.8, 4) is 0 Å². The Bertz CT molecular complexity index is 110. The van der Waals surface area contributed by atoms with Gasteiger partial charge in [0.15, 0.2) is 0 Å². The molecule has 3 nitrogen and oxygen atoms in total. The van der Waals surface area contributed by atoms with Crippen LogP contribution >= 0.6 is 0 Å². The Balaban J connectivity index is 2.16. The molecule has 3 heteroatoms. The largest absolute Gasteiger partial charge is 0.241 e. The molecule has 0 aromatic rings. The molecule has 1 unspecified atom stereocenters. The maximum absolute atomic E-state index is 3.49. The molecule has 72 valence electrons. The van der Waals surface area contributed by atoms with Gasteiger partial charge in [0.05, 0.1) is 0 Å². The molecule has 1 aliphatic heterocycles. The summed E-state index contributed by atoms with van der Waals surface area (Å²) in [5.74, 6) is 0. The molecular weight excluding hydrogens is 150 g/mol. The molecule has 1 aliphatic rings. The van der Waals surface area contributed by atoms with Crippen molar-refractivity contribution < 1.29 is 0 Å². The van der Waals surface area contributed by atoms with Crippen molar-refractivity contribution in [1.82, 2.24) is 16.0 Å². The minimum Gasteiger partial charge on any atom is -0.241 e. The standard InChI is InChI=1S/C9H21N3/c1-3-6-9(4-2)11-12-8-5-7-10-12/h9-11H,3-8H2,1-2H3. The fourth-order valence-electron chi connectivity index (χ4n) is 1.57. The number of rotatable bonds is 5. The van der Waals surface area contributed by atoms with Crippen LogP contribution in [0.5, 0.6) is 0 Å². The van der Waals surface area contributed by atoms with Crippen LogP contribution in [0.1, 0.15) is 39.5 Å². The highest BCUT2D eigenvalue weighted by Gasteiger charge is 2.13. The number of hydrogen-bond acceptors (Lipinski definition) is 3. The number of hydrogen-bond donors (Lipinski definition) is 2. The average Bonchev–Trinajstić information content (AvgIpc) is 2.56. The number of nitrogens with one attached hydrogen (secondary N) is 2. The Morgan fingerprint density at radius 3 is 2.83 bits per heavy atom. The summed E-state index contributed by atoms with van der Waals surface area (Å²) in [7, 11) is 0. The topological polar surface area (TPSA) is 27.3 Å². The zero-order valence-electron chi connectivity index (χ0n) is 8.27. The maximum Gasteiger partial charge on any atom is 0.0300 e. The Labute approximate surface area is 75.5 Å². The molecule has 0 radical (unpaired) electrons. The first-order valence-electron chi connectivity index (χ1n) is 5.14. The second-order valence-electron chi connectivity index (χ2n) is 3.44. The predicted molar refractivity (Wildman–Crippen MR) is 51.4 cm³/mol. The lowest BCUT2D eigenvalue weighted by atomic mass is 10.1. The fourth-order valence-corrected chi connectivity index (χ4v) is 1.57. The summed E-state index contributed by atoms with van der Waals surface area (Å²) < 4.78 is 0. The van der Waals surface area contributed by atoms with Crippen LogP contribution in [0.15, 0.2) is 0 Å². The number of hydrazine groups is 2. The summed E-state index contributed by atoms with van der Waals surface area (Å²) in [6.45, 7) is 6.74. The molecule has 1 rings (SSSR count). The van der Waals surface area contributed by atoms with E-state index < -0.39 is 0 Å². The molecule has 12 heavy (non-hydrogen) atoms. The summed E-state index contributed by atoms with van der Waals surface area (Å²) in [4.78, 5) is 0. The first-order valence-corrected chi connectivity index (χ1v) is 5.14. The Morgan fingerprint density at radius 2 is 2.33 bits per heavy atom. The van der Waals surface area contributed by atoms with Gasteiger partial charge in [-0.15, -0.1) is 0 Å². The Hall–Kier alpha value is -0.120. The minimum atomic E-state index is 0.653. The highest BCUT2D eigenvalue weighted by Crippen LogP contribution is 2.03. The van der Waals surface area contributed by atoms with Crippen molar-refractivity contribution in [2.45, 2.75) is 45.6 Å². The molecule has 0 amide bonds. The minimum absolute atomic E-state index is 0.653. The van der Waals surface area contributed by atoms with Gasteiger partial charge in [0.2, 0.25) is 0 Å². The van der Waals surface area contributed by atoms with E-state index in [1.807, 2.05) is 0 Å². The van der Waals surface area contributed by atoms with Gasteiger partial charge < -0.3 is 0 Å². The first-order chi connectivity index (χ1) is 5.86. The van der Waals surface area contributed by atoms with E-state index in [0.29, 0.717) is 6.04 Å². The van der Waals surface area contributed by atoms with Crippen molar-refractivity contribution in [2.24, 2.45) is 0 Å². The molecule has 1 heterocycles. The monoisotopic (exact) mass is 171 g/mol. The van der Waals surface area contributed by atoms with Crippen LogP contribution in [-0.2, 0) is 0 Å². The van der Waals surface area contributed by atoms with E-state index in [2.05, 4.69) is 29.8 Å². The second-order valence-corrected chi connectivity index (χ2v) is 3.44. The van der Waals surface area contributed by atoms with Gasteiger partial charge in [-0.25, -0.2) is 10.9 Å². The zero-order valence-corrected chi connectivity index (χ0v) is 8.27. The third-order valence-corrected chi connectivity index (χ3v) is 2.33. The summed E-state index contributed by atoms with van der Waals surface area (Å²) in [6, 6.07) is 0.653. The molecule has 0 bridgehead atoms. The van der Waals surface area contributed by atoms with Gasteiger partial charge in [0.1, 0.15) is 0 Å². The van der Waals surface area contributed by atoms with Gasteiger partial charge in [-0.1, -0.05) is 20.3 Å². The lowest BCUT2D eigenvalue weighted by Gasteiger charge is -2.23. The van der Waals surface area contributed by atoms with Crippen LogP contribution in [0.2, 0.25) is 0 Å². The molecule has 0 saturated carbocycles. The van der Waals surface area contributed by atoms with Crippen molar-refractivity contribution in [1.29, 1.82) is 0 Å². The normalized spacial score (nSPS) is 21.5. The van der Waals surface area contributed by atoms with E-state index in [1.165, 1.54) is 25.7 Å². The molecule has 1 fully saturated rings. The van der Waals surface area contributed by atoms with E-state index in [-0.39, 0.29) is 0 Å². The van der Waals surface area contributed by atoms with Crippen LogP contribution in [0, 0.1) is 0 Å². The summed E-state index contributed by atoms with van der Waals surface area (Å²) in [6.07, 6.45) is 5.01. The summed E-state index contributed by atoms with van der Waals surface area (Å²) >= 11 is 0. The summed E-state index contributed by atoms with van der Waals surface area (Å²) in [5.41, 5.74) is 6.79. The van der Waals surface area contributed by atoms with Crippen LogP contribution < -0.4 is 10.9 Å². The first kappa shape index (κ1) is 9.96. The quantitative estimate of drug-likeness (QED) is 0.652. The van der Waals surface area contributed by atoms with Crippen LogP contribution in [0.4, 0.5) is 0 Å². The van der Waals surface area contributed by atoms with Gasteiger partial charge in [-0.3, -0.25) is 0 Å². The van der Waals surface area contributed by atoms with Gasteiger partial charge in [-0.2, -0.15) is 5.12 Å². The summed E-state index contributed by atoms with van der Waals surface area (Å²) in [5, 5.41) is 2.14. The van der Waals surface area contributed by atoms with Crippen molar-refractivity contribution in [2.75, 3.05) is 13.1 Å². The fraction of sp³-hybridized carbons (Fsp3) is 1.00. The Morgan fingerprint density at radius 1 is 1.50 bits per heavy atom. The third-order valence-electron chi connectivity index (χ3n) is 2.33. The average molecular weight is 171 g/mol. The lowest BCUT2D eigenvalue weighted by Crippen LogP contribution is -2.48. The molecule has 1 saturated heterocycles. The van der Waals surface area contributed by atoms with E-state index in [1.54, 1.807) is 0 Å². The van der Waals surface area contributed by atoms with Gasteiger partial charge in [-0.05, 0) is 19.3 Å². The van der Waals surface area contributed by atoms with Gasteiger partial charge in [0.25, 0.3) is 0 Å². The maximum atomic E-state index is 3.49. The second kappa shape index (κ2) is 5.51. The van der Waals surface area contributed by atoms with Crippen LogP contribution in [-0.4, -0.2) is 24.2 Å². The van der Waals surface area contributed by atoms with Crippen molar-refractivity contribution in [3.05, 3.63) is 0 Å². The predicted octanol–water partition coefficient (Wildman–Crippen LogP) is 1.28. The molecule has 0 aromatic heterocycles. The van der Waals surface area contributed by atoms with Crippen molar-refractivity contribution in [3.63, 3.8) is 0 Å².